The standard InChI is InChI=1S/2C13H25NO.6C12H23NO/c2*1-2-3-4-5-6-7-10-14-11-8-13(15)9-12-14;2*1-2-3-4-5-7-10-13-11-8-6-9-12(13)14;2*1-2-3-4-5-6-9-13-10-7-12(14)8-11-13;2*1-2-3-4-5-6-9-13-10-7-8-12(14)11-13/h2*2-12H2,1H3;6*2-11H2,1H3. The Hall–Kier alpha value is -3.28. The van der Waals surface area contributed by atoms with E-state index in [1.165, 1.54) is 309 Å². The SMILES string of the molecule is CCCCCCCCN1CCC(=O)CC1.CCCCCCCCN1CCC(=O)CC1.CCCCCCCN1CCC(=O)CC1.CCCCCCCN1CCC(=O)CC1.CCCCCCCN1CCCC(=O)C1.CCCCCCCN1CCCC(=O)C1.CCCCCCCN1CCCCC1=O.CCCCCCCN1CCCCC1=O. The van der Waals surface area contributed by atoms with Gasteiger partial charge in [0.25, 0.3) is 0 Å². The molecule has 2 amide bonds. The van der Waals surface area contributed by atoms with Crippen LogP contribution in [0.5, 0.6) is 0 Å². The van der Waals surface area contributed by atoms with E-state index in [4.69, 9.17) is 0 Å². The monoisotopic (exact) mass is 1610 g/mol. The number of likely N-dealkylation sites (tertiary alicyclic amines) is 8. The molecule has 16 nitrogen and oxygen atoms in total. The molecule has 0 aromatic carbocycles. The number of rotatable bonds is 50. The molecule has 0 radical (unpaired) electrons. The summed E-state index contributed by atoms with van der Waals surface area (Å²) in [4.78, 5) is 108. The van der Waals surface area contributed by atoms with Crippen LogP contribution in [0.1, 0.15) is 441 Å². The molecule has 8 fully saturated rings. The summed E-state index contributed by atoms with van der Waals surface area (Å²) < 4.78 is 0. The van der Waals surface area contributed by atoms with E-state index >= 15 is 0 Å². The summed E-state index contributed by atoms with van der Waals surface area (Å²) in [5.41, 5.74) is 0. The van der Waals surface area contributed by atoms with Crippen LogP contribution >= 0.6 is 0 Å². The molecule has 8 rings (SSSR count). The van der Waals surface area contributed by atoms with Gasteiger partial charge in [-0.1, -0.05) is 274 Å². The zero-order chi connectivity index (χ0) is 83.2. The van der Waals surface area contributed by atoms with Crippen molar-refractivity contribution in [3.8, 4) is 0 Å². The first kappa shape index (κ1) is 109. The Morgan fingerprint density at radius 2 is 0.360 bits per heavy atom. The second-order valence-electron chi connectivity index (χ2n) is 35.1. The Labute approximate surface area is 705 Å². The first-order chi connectivity index (χ1) is 55.6. The fourth-order valence-corrected chi connectivity index (χ4v) is 16.3. The van der Waals surface area contributed by atoms with Gasteiger partial charge in [-0.25, -0.2) is 0 Å². The Balaban J connectivity index is 0.000000652. The second kappa shape index (κ2) is 80.8. The Kier molecular flexibility index (Phi) is 77.0. The molecule has 0 N–H and O–H groups in total. The fourth-order valence-electron chi connectivity index (χ4n) is 16.3. The molecule has 16 heteroatoms. The molecular formula is C98H188N8O8. The molecule has 8 aliphatic heterocycles. The molecule has 668 valence electrons. The maximum Gasteiger partial charge on any atom is 0.222 e. The van der Waals surface area contributed by atoms with Crippen LogP contribution in [0.4, 0.5) is 0 Å². The van der Waals surface area contributed by atoms with Crippen LogP contribution in [-0.2, 0) is 38.4 Å². The number of Topliss-reactive ketones (excluding diaryl/α,β-unsaturated/α-hetero) is 6. The quantitative estimate of drug-likeness (QED) is 0.0529. The van der Waals surface area contributed by atoms with E-state index in [1.807, 2.05) is 0 Å². The van der Waals surface area contributed by atoms with Gasteiger partial charge in [0.15, 0.2) is 0 Å². The van der Waals surface area contributed by atoms with E-state index in [0.29, 0.717) is 59.6 Å². The number of hydrogen-bond donors (Lipinski definition) is 0. The van der Waals surface area contributed by atoms with Crippen molar-refractivity contribution >= 4 is 46.5 Å². The lowest BCUT2D eigenvalue weighted by Crippen LogP contribution is -2.36. The van der Waals surface area contributed by atoms with Crippen molar-refractivity contribution in [3.63, 3.8) is 0 Å². The highest BCUT2D eigenvalue weighted by molar-refractivity contribution is 5.82. The van der Waals surface area contributed by atoms with Crippen LogP contribution in [0, 0.1) is 0 Å². The summed E-state index contributed by atoms with van der Waals surface area (Å²) in [6, 6.07) is 0. The highest BCUT2D eigenvalue weighted by atomic mass is 16.2. The Bertz CT molecular complexity index is 2090. The van der Waals surface area contributed by atoms with E-state index in [1.54, 1.807) is 0 Å². The van der Waals surface area contributed by atoms with Gasteiger partial charge < -0.3 is 29.4 Å². The van der Waals surface area contributed by atoms with E-state index in [0.717, 1.165) is 207 Å². The summed E-state index contributed by atoms with van der Waals surface area (Å²) in [7, 11) is 0. The molecule has 8 heterocycles. The van der Waals surface area contributed by atoms with Gasteiger partial charge in [-0.15, -0.1) is 0 Å². The molecule has 8 saturated heterocycles. The first-order valence-electron chi connectivity index (χ1n) is 49.6. The number of carbonyl (C=O) groups is 8. The molecule has 0 atom stereocenters. The van der Waals surface area contributed by atoms with Crippen LogP contribution in [-0.4, -0.2) is 230 Å². The maximum absolute atomic E-state index is 11.4. The van der Waals surface area contributed by atoms with Crippen molar-refractivity contribution in [2.24, 2.45) is 0 Å². The minimum atomic E-state index is 0.381. The summed E-state index contributed by atoms with van der Waals surface area (Å²) >= 11 is 0. The fraction of sp³-hybridized carbons (Fsp3) is 0.918. The molecule has 114 heavy (non-hydrogen) atoms. The van der Waals surface area contributed by atoms with Gasteiger partial charge in [-0.3, -0.25) is 48.2 Å². The van der Waals surface area contributed by atoms with Crippen molar-refractivity contribution in [2.75, 3.05) is 144 Å². The normalized spacial score (nSPS) is 18.4. The van der Waals surface area contributed by atoms with Crippen LogP contribution in [0.25, 0.3) is 0 Å². The van der Waals surface area contributed by atoms with Crippen molar-refractivity contribution in [3.05, 3.63) is 0 Å². The predicted octanol–water partition coefficient (Wildman–Crippen LogP) is 22.4. The third-order valence-electron chi connectivity index (χ3n) is 24.2. The number of hydrogen-bond acceptors (Lipinski definition) is 14. The van der Waals surface area contributed by atoms with E-state index in [2.05, 4.69) is 94.6 Å². The van der Waals surface area contributed by atoms with Crippen molar-refractivity contribution in [2.45, 2.75) is 441 Å². The molecule has 0 unspecified atom stereocenters. The minimum Gasteiger partial charge on any atom is -0.343 e. The van der Waals surface area contributed by atoms with Crippen LogP contribution in [0.15, 0.2) is 0 Å². The minimum absolute atomic E-state index is 0.381. The molecule has 0 aromatic rings. The van der Waals surface area contributed by atoms with Gasteiger partial charge in [0.1, 0.15) is 34.7 Å². The molecule has 0 bridgehead atoms. The van der Waals surface area contributed by atoms with Gasteiger partial charge in [0, 0.05) is 156 Å². The predicted molar refractivity (Wildman–Crippen MR) is 484 cm³/mol. The van der Waals surface area contributed by atoms with Crippen molar-refractivity contribution < 1.29 is 38.4 Å². The van der Waals surface area contributed by atoms with Crippen molar-refractivity contribution in [1.82, 2.24) is 39.2 Å². The van der Waals surface area contributed by atoms with Gasteiger partial charge in [-0.2, -0.15) is 0 Å². The molecule has 0 aromatic heterocycles. The van der Waals surface area contributed by atoms with E-state index in [-0.39, 0.29) is 0 Å². The lowest BCUT2D eigenvalue weighted by molar-refractivity contribution is -0.134. The first-order valence-corrected chi connectivity index (χ1v) is 49.6. The van der Waals surface area contributed by atoms with Gasteiger partial charge >= 0.3 is 0 Å². The van der Waals surface area contributed by atoms with Crippen molar-refractivity contribution in [1.29, 1.82) is 0 Å². The average molecular weight is 1610 g/mol. The number of ketones is 6. The third kappa shape index (κ3) is 67.5. The lowest BCUT2D eigenvalue weighted by atomic mass is 10.1. The van der Waals surface area contributed by atoms with Crippen LogP contribution < -0.4 is 0 Å². The largest absolute Gasteiger partial charge is 0.343 e. The maximum atomic E-state index is 11.4. The highest BCUT2D eigenvalue weighted by Crippen LogP contribution is 2.19. The number of unbranched alkanes of at least 4 members (excludes halogenated alkanes) is 34. The zero-order valence-electron chi connectivity index (χ0n) is 76.8. The number of amides is 2. The Morgan fingerprint density at radius 1 is 0.167 bits per heavy atom. The average Bonchev–Trinajstić information content (AvgIpc) is 0.912. The lowest BCUT2D eigenvalue weighted by Gasteiger charge is -2.26. The third-order valence-corrected chi connectivity index (χ3v) is 24.2. The van der Waals surface area contributed by atoms with E-state index < -0.39 is 0 Å². The molecule has 0 saturated carbocycles. The topological polar surface area (TPSA) is 162 Å². The zero-order valence-corrected chi connectivity index (χ0v) is 76.8. The molecular weight excluding hydrogens is 1420 g/mol. The molecule has 0 spiro atoms. The number of piperidine rings is 8. The van der Waals surface area contributed by atoms with Gasteiger partial charge in [0.05, 0.1) is 13.1 Å². The van der Waals surface area contributed by atoms with Gasteiger partial charge in [0.2, 0.25) is 11.8 Å². The molecule has 8 aliphatic rings. The number of carbonyl (C=O) groups excluding carboxylic acids is 8. The summed E-state index contributed by atoms with van der Waals surface area (Å²) in [6.07, 6.45) is 72.3. The summed E-state index contributed by atoms with van der Waals surface area (Å²) in [5, 5.41) is 0. The Morgan fingerprint density at radius 3 is 0.561 bits per heavy atom. The van der Waals surface area contributed by atoms with Crippen LogP contribution in [0.2, 0.25) is 0 Å². The number of nitrogens with zero attached hydrogens (tertiary/aromatic N) is 8. The highest BCUT2D eigenvalue weighted by Gasteiger charge is 2.22. The smallest absolute Gasteiger partial charge is 0.222 e. The summed E-state index contributed by atoms with van der Waals surface area (Å²) in [6.45, 7) is 40.8. The summed E-state index contributed by atoms with van der Waals surface area (Å²) in [5.74, 6) is 3.44. The van der Waals surface area contributed by atoms with E-state index in [9.17, 15) is 38.4 Å². The van der Waals surface area contributed by atoms with Crippen LogP contribution in [0.3, 0.4) is 0 Å². The molecule has 0 aliphatic carbocycles. The van der Waals surface area contributed by atoms with Gasteiger partial charge in [-0.05, 0) is 142 Å². The second-order valence-corrected chi connectivity index (χ2v) is 35.1.